The minimum atomic E-state index is 0.113. The lowest BCUT2D eigenvalue weighted by molar-refractivity contribution is -1.01. The number of hydrogen-bond donors (Lipinski definition) is 3. The maximum atomic E-state index is 12.4. The fourth-order valence-corrected chi connectivity index (χ4v) is 3.74. The summed E-state index contributed by atoms with van der Waals surface area (Å²) in [5, 5.41) is 3.06. The summed E-state index contributed by atoms with van der Waals surface area (Å²) in [6.45, 7) is 10.1. The van der Waals surface area contributed by atoms with E-state index >= 15 is 0 Å². The summed E-state index contributed by atoms with van der Waals surface area (Å²) in [6, 6.07) is 16.6. The maximum absolute atomic E-state index is 12.4. The molecule has 0 aromatic heterocycles. The topological polar surface area (TPSA) is 38.0 Å². The molecule has 0 saturated carbocycles. The highest BCUT2D eigenvalue weighted by molar-refractivity contribution is 5.91. The SMILES string of the molecule is Cc1cc(C)cc(NC(=O)C[NH+]2CC[NH+](C/C=C\c3ccccc3)CC2)c1. The lowest BCUT2D eigenvalue weighted by Gasteiger charge is -2.28. The first-order chi connectivity index (χ1) is 13.1. The van der Waals surface area contributed by atoms with Gasteiger partial charge >= 0.3 is 0 Å². The van der Waals surface area contributed by atoms with Crippen LogP contribution in [-0.4, -0.2) is 45.2 Å². The van der Waals surface area contributed by atoms with Gasteiger partial charge in [0.05, 0.1) is 6.54 Å². The fraction of sp³-hybridized carbons (Fsp3) is 0.348. The molecule has 3 rings (SSSR count). The Bertz CT molecular complexity index is 757. The number of benzene rings is 2. The highest BCUT2D eigenvalue weighted by Gasteiger charge is 2.24. The number of piperazine rings is 1. The summed E-state index contributed by atoms with van der Waals surface area (Å²) in [5.41, 5.74) is 4.52. The molecule has 0 aliphatic carbocycles. The monoisotopic (exact) mass is 365 g/mol. The highest BCUT2D eigenvalue weighted by Crippen LogP contribution is 2.13. The Balaban J connectivity index is 1.40. The molecule has 1 amide bonds. The Morgan fingerprint density at radius 1 is 0.963 bits per heavy atom. The molecule has 1 fully saturated rings. The summed E-state index contributed by atoms with van der Waals surface area (Å²) in [6.07, 6.45) is 4.46. The minimum absolute atomic E-state index is 0.113. The molecule has 27 heavy (non-hydrogen) atoms. The van der Waals surface area contributed by atoms with Gasteiger partial charge in [0, 0.05) is 5.69 Å². The minimum Gasteiger partial charge on any atom is -0.322 e. The smallest absolute Gasteiger partial charge is 0.279 e. The Labute approximate surface area is 162 Å². The van der Waals surface area contributed by atoms with E-state index in [4.69, 9.17) is 0 Å². The largest absolute Gasteiger partial charge is 0.322 e. The zero-order valence-electron chi connectivity index (χ0n) is 16.4. The molecule has 0 bridgehead atoms. The maximum Gasteiger partial charge on any atom is 0.279 e. The van der Waals surface area contributed by atoms with Crippen LogP contribution in [0, 0.1) is 13.8 Å². The van der Waals surface area contributed by atoms with Gasteiger partial charge in [0.1, 0.15) is 26.2 Å². The predicted molar refractivity (Wildman–Crippen MR) is 111 cm³/mol. The second-order valence-electron chi connectivity index (χ2n) is 7.62. The molecule has 1 heterocycles. The molecule has 4 heteroatoms. The number of carbonyl (C=O) groups excluding carboxylic acids is 1. The van der Waals surface area contributed by atoms with Crippen molar-refractivity contribution in [1.29, 1.82) is 0 Å². The molecule has 142 valence electrons. The van der Waals surface area contributed by atoms with E-state index in [-0.39, 0.29) is 5.91 Å². The van der Waals surface area contributed by atoms with Crippen LogP contribution < -0.4 is 15.1 Å². The van der Waals surface area contributed by atoms with Gasteiger partial charge in [-0.05, 0) is 48.7 Å². The molecule has 1 saturated heterocycles. The first-order valence-corrected chi connectivity index (χ1v) is 9.85. The third kappa shape index (κ3) is 6.35. The van der Waals surface area contributed by atoms with Gasteiger partial charge in [-0.15, -0.1) is 0 Å². The van der Waals surface area contributed by atoms with E-state index in [2.05, 4.69) is 61.6 Å². The van der Waals surface area contributed by atoms with Crippen molar-refractivity contribution < 1.29 is 14.6 Å². The average Bonchev–Trinajstić information content (AvgIpc) is 2.63. The number of rotatable bonds is 6. The molecule has 1 aliphatic rings. The van der Waals surface area contributed by atoms with Crippen molar-refractivity contribution >= 4 is 17.7 Å². The van der Waals surface area contributed by atoms with Crippen LogP contribution in [0.15, 0.2) is 54.6 Å². The molecular weight excluding hydrogens is 334 g/mol. The third-order valence-electron chi connectivity index (χ3n) is 5.10. The molecule has 2 aromatic rings. The van der Waals surface area contributed by atoms with E-state index in [1.54, 1.807) is 4.90 Å². The van der Waals surface area contributed by atoms with Crippen molar-refractivity contribution in [2.24, 2.45) is 0 Å². The van der Waals surface area contributed by atoms with Gasteiger partial charge in [-0.2, -0.15) is 0 Å². The van der Waals surface area contributed by atoms with Crippen LogP contribution in [0.3, 0.4) is 0 Å². The zero-order chi connectivity index (χ0) is 19.1. The lowest BCUT2D eigenvalue weighted by atomic mass is 10.1. The van der Waals surface area contributed by atoms with Crippen LogP contribution in [0.5, 0.6) is 0 Å². The number of quaternary nitrogens is 2. The van der Waals surface area contributed by atoms with Gasteiger partial charge < -0.3 is 15.1 Å². The average molecular weight is 366 g/mol. The van der Waals surface area contributed by atoms with Gasteiger partial charge in [0.2, 0.25) is 0 Å². The second kappa shape index (κ2) is 9.49. The van der Waals surface area contributed by atoms with E-state index < -0.39 is 0 Å². The normalized spacial score (nSPS) is 19.9. The van der Waals surface area contributed by atoms with Crippen molar-refractivity contribution in [3.8, 4) is 0 Å². The number of amides is 1. The van der Waals surface area contributed by atoms with Crippen LogP contribution in [0.25, 0.3) is 6.08 Å². The fourth-order valence-electron chi connectivity index (χ4n) is 3.74. The number of anilines is 1. The third-order valence-corrected chi connectivity index (χ3v) is 5.10. The van der Waals surface area contributed by atoms with E-state index in [0.717, 1.165) is 38.4 Å². The van der Waals surface area contributed by atoms with Gasteiger partial charge in [-0.3, -0.25) is 4.79 Å². The lowest BCUT2D eigenvalue weighted by Crippen LogP contribution is -3.28. The zero-order valence-corrected chi connectivity index (χ0v) is 16.4. The molecule has 0 atom stereocenters. The number of carbonyl (C=O) groups is 1. The number of nitrogens with one attached hydrogen (secondary N) is 3. The summed E-state index contributed by atoms with van der Waals surface area (Å²) in [4.78, 5) is 15.3. The van der Waals surface area contributed by atoms with Gasteiger partial charge in [0.25, 0.3) is 5.91 Å². The Kier molecular flexibility index (Phi) is 6.80. The van der Waals surface area contributed by atoms with Crippen molar-refractivity contribution in [2.75, 3.05) is 44.6 Å². The second-order valence-corrected chi connectivity index (χ2v) is 7.62. The van der Waals surface area contributed by atoms with Crippen molar-refractivity contribution in [3.63, 3.8) is 0 Å². The summed E-state index contributed by atoms with van der Waals surface area (Å²) >= 11 is 0. The first-order valence-electron chi connectivity index (χ1n) is 9.85. The van der Waals surface area contributed by atoms with E-state index in [1.807, 2.05) is 18.2 Å². The van der Waals surface area contributed by atoms with Crippen LogP contribution in [-0.2, 0) is 4.79 Å². The number of hydrogen-bond acceptors (Lipinski definition) is 1. The standard InChI is InChI=1S/C23H29N3O/c1-19-15-20(2)17-22(16-19)24-23(27)18-26-13-11-25(12-14-26)10-6-9-21-7-4-3-5-8-21/h3-9,15-17H,10-14,18H2,1-2H3,(H,24,27)/p+2/b9-6-. The molecular formula is C23H31N3O+2. The molecule has 2 aromatic carbocycles. The first kappa shape index (κ1) is 19.3. The molecule has 0 spiro atoms. The number of aryl methyl sites for hydroxylation is 2. The van der Waals surface area contributed by atoms with Crippen LogP contribution in [0.2, 0.25) is 0 Å². The summed E-state index contributed by atoms with van der Waals surface area (Å²) < 4.78 is 0. The molecule has 0 radical (unpaired) electrons. The highest BCUT2D eigenvalue weighted by atomic mass is 16.2. The van der Waals surface area contributed by atoms with Crippen molar-refractivity contribution in [3.05, 3.63) is 71.3 Å². The molecule has 4 nitrogen and oxygen atoms in total. The Morgan fingerprint density at radius 3 is 2.26 bits per heavy atom. The van der Waals surface area contributed by atoms with Gasteiger partial charge in [-0.25, -0.2) is 0 Å². The van der Waals surface area contributed by atoms with Crippen molar-refractivity contribution in [1.82, 2.24) is 0 Å². The van der Waals surface area contributed by atoms with Gasteiger partial charge in [0.15, 0.2) is 6.54 Å². The van der Waals surface area contributed by atoms with Gasteiger partial charge in [-0.1, -0.05) is 42.5 Å². The van der Waals surface area contributed by atoms with Crippen LogP contribution in [0.1, 0.15) is 16.7 Å². The van der Waals surface area contributed by atoms with Crippen LogP contribution in [0.4, 0.5) is 5.69 Å². The van der Waals surface area contributed by atoms with E-state index in [0.29, 0.717) is 6.54 Å². The van der Waals surface area contributed by atoms with Crippen molar-refractivity contribution in [2.45, 2.75) is 13.8 Å². The molecule has 3 N–H and O–H groups in total. The van der Waals surface area contributed by atoms with E-state index in [1.165, 1.54) is 21.6 Å². The van der Waals surface area contributed by atoms with E-state index in [9.17, 15) is 4.79 Å². The molecule has 0 unspecified atom stereocenters. The van der Waals surface area contributed by atoms with Crippen LogP contribution >= 0.6 is 0 Å². The predicted octanol–water partition coefficient (Wildman–Crippen LogP) is 0.739. The Hall–Kier alpha value is -2.43. The quantitative estimate of drug-likeness (QED) is 0.694. The summed E-state index contributed by atoms with van der Waals surface area (Å²) in [5.74, 6) is 0.113. The Morgan fingerprint density at radius 2 is 1.59 bits per heavy atom. The molecule has 1 aliphatic heterocycles. The summed E-state index contributed by atoms with van der Waals surface area (Å²) in [7, 11) is 0.